The van der Waals surface area contributed by atoms with E-state index in [2.05, 4.69) is 21.2 Å². The average Bonchev–Trinajstić information content (AvgIpc) is 2.79. The third kappa shape index (κ3) is 3.15. The van der Waals surface area contributed by atoms with E-state index < -0.39 is 0 Å². The van der Waals surface area contributed by atoms with Crippen molar-refractivity contribution in [2.45, 2.75) is 20.1 Å². The maximum atomic E-state index is 5.76. The second-order valence-electron chi connectivity index (χ2n) is 4.10. The van der Waals surface area contributed by atoms with E-state index in [1.54, 1.807) is 6.26 Å². The molecule has 1 N–H and O–H groups in total. The highest BCUT2D eigenvalue weighted by Crippen LogP contribution is 2.23. The van der Waals surface area contributed by atoms with E-state index in [-0.39, 0.29) is 0 Å². The van der Waals surface area contributed by atoms with Crippen molar-refractivity contribution >= 4 is 15.9 Å². The zero-order chi connectivity index (χ0) is 13.0. The second-order valence-corrected chi connectivity index (χ2v) is 4.95. The number of furan rings is 1. The predicted octanol–water partition coefficient (Wildman–Crippen LogP) is 3.65. The molecule has 0 saturated heterocycles. The lowest BCUT2D eigenvalue weighted by Crippen LogP contribution is -2.07. The van der Waals surface area contributed by atoms with Gasteiger partial charge in [0.2, 0.25) is 0 Å². The van der Waals surface area contributed by atoms with Crippen LogP contribution in [-0.4, -0.2) is 7.05 Å². The summed E-state index contributed by atoms with van der Waals surface area (Å²) in [6.07, 6.45) is 1.69. The fourth-order valence-electron chi connectivity index (χ4n) is 1.68. The van der Waals surface area contributed by atoms with Crippen LogP contribution in [0.5, 0.6) is 5.75 Å². The summed E-state index contributed by atoms with van der Waals surface area (Å²) < 4.78 is 12.2. The van der Waals surface area contributed by atoms with Gasteiger partial charge in [-0.1, -0.05) is 15.9 Å². The topological polar surface area (TPSA) is 34.4 Å². The molecular weight excluding hydrogens is 294 g/mol. The predicted molar refractivity (Wildman–Crippen MR) is 74.7 cm³/mol. The lowest BCUT2D eigenvalue weighted by atomic mass is 10.2. The highest BCUT2D eigenvalue weighted by Gasteiger charge is 2.06. The molecule has 0 fully saturated rings. The molecule has 2 rings (SSSR count). The van der Waals surface area contributed by atoms with Crippen LogP contribution in [0.4, 0.5) is 0 Å². The van der Waals surface area contributed by atoms with E-state index in [1.807, 2.05) is 38.2 Å². The third-order valence-electron chi connectivity index (χ3n) is 2.70. The smallest absolute Gasteiger partial charge is 0.124 e. The van der Waals surface area contributed by atoms with Crippen LogP contribution in [0.3, 0.4) is 0 Å². The molecular formula is C14H16BrNO2. The number of halogens is 1. The molecule has 0 aliphatic rings. The number of ether oxygens (including phenoxy) is 1. The fourth-order valence-corrected chi connectivity index (χ4v) is 1.93. The Hall–Kier alpha value is -1.26. The first-order valence-corrected chi connectivity index (χ1v) is 6.59. The van der Waals surface area contributed by atoms with Gasteiger partial charge in [0.15, 0.2) is 0 Å². The largest absolute Gasteiger partial charge is 0.489 e. The number of aryl methyl sites for hydroxylation is 1. The van der Waals surface area contributed by atoms with Crippen molar-refractivity contribution in [3.63, 3.8) is 0 Å². The van der Waals surface area contributed by atoms with Crippen LogP contribution in [0.1, 0.15) is 16.9 Å². The van der Waals surface area contributed by atoms with Crippen LogP contribution < -0.4 is 10.1 Å². The Balaban J connectivity index is 2.02. The van der Waals surface area contributed by atoms with Crippen LogP contribution in [0, 0.1) is 6.92 Å². The Morgan fingerprint density at radius 1 is 1.33 bits per heavy atom. The summed E-state index contributed by atoms with van der Waals surface area (Å²) in [6.45, 7) is 3.28. The first kappa shape index (κ1) is 13.2. The molecule has 0 atom stereocenters. The molecule has 0 amide bonds. The van der Waals surface area contributed by atoms with Gasteiger partial charge in [-0.15, -0.1) is 0 Å². The van der Waals surface area contributed by atoms with Crippen LogP contribution in [-0.2, 0) is 13.2 Å². The molecule has 4 heteroatoms. The summed E-state index contributed by atoms with van der Waals surface area (Å²) in [5, 5.41) is 3.07. The zero-order valence-corrected chi connectivity index (χ0v) is 12.1. The van der Waals surface area contributed by atoms with Gasteiger partial charge in [0.1, 0.15) is 18.1 Å². The minimum atomic E-state index is 0.522. The van der Waals surface area contributed by atoms with Gasteiger partial charge in [-0.3, -0.25) is 0 Å². The first-order valence-electron chi connectivity index (χ1n) is 5.79. The lowest BCUT2D eigenvalue weighted by Gasteiger charge is -2.08. The molecule has 0 spiro atoms. The molecule has 0 aliphatic carbocycles. The Labute approximate surface area is 115 Å². The van der Waals surface area contributed by atoms with Crippen molar-refractivity contribution < 1.29 is 9.15 Å². The Bertz CT molecular complexity index is 522. The summed E-state index contributed by atoms with van der Waals surface area (Å²) in [4.78, 5) is 0. The van der Waals surface area contributed by atoms with Crippen molar-refractivity contribution in [2.75, 3.05) is 7.05 Å². The van der Waals surface area contributed by atoms with Gasteiger partial charge < -0.3 is 14.5 Å². The maximum Gasteiger partial charge on any atom is 0.124 e. The Kier molecular flexibility index (Phi) is 4.44. The van der Waals surface area contributed by atoms with Crippen molar-refractivity contribution in [3.05, 3.63) is 51.9 Å². The summed E-state index contributed by atoms with van der Waals surface area (Å²) in [7, 11) is 1.89. The average molecular weight is 310 g/mol. The fraction of sp³-hybridized carbons (Fsp3) is 0.286. The van der Waals surface area contributed by atoms with Gasteiger partial charge in [-0.05, 0) is 43.8 Å². The summed E-state index contributed by atoms with van der Waals surface area (Å²) in [5.74, 6) is 1.79. The van der Waals surface area contributed by atoms with E-state index in [0.29, 0.717) is 13.2 Å². The van der Waals surface area contributed by atoms with Crippen LogP contribution in [0.15, 0.2) is 39.4 Å². The Morgan fingerprint density at radius 3 is 2.89 bits per heavy atom. The SMILES string of the molecule is CNCc1occc1COc1ccc(Br)c(C)c1. The number of hydrogen-bond acceptors (Lipinski definition) is 3. The Morgan fingerprint density at radius 2 is 2.17 bits per heavy atom. The second kappa shape index (κ2) is 6.07. The third-order valence-corrected chi connectivity index (χ3v) is 3.59. The van der Waals surface area contributed by atoms with E-state index in [0.717, 1.165) is 27.1 Å². The molecule has 0 saturated carbocycles. The standard InChI is InChI=1S/C14H16BrNO2/c1-10-7-12(3-4-13(10)15)18-9-11-5-6-17-14(11)8-16-2/h3-7,16H,8-9H2,1-2H3. The molecule has 0 unspecified atom stereocenters. The van der Waals surface area contributed by atoms with Crippen molar-refractivity contribution in [1.29, 1.82) is 0 Å². The highest BCUT2D eigenvalue weighted by molar-refractivity contribution is 9.10. The minimum absolute atomic E-state index is 0.522. The summed E-state index contributed by atoms with van der Waals surface area (Å²) in [5.41, 5.74) is 2.24. The van der Waals surface area contributed by atoms with E-state index in [4.69, 9.17) is 9.15 Å². The molecule has 1 heterocycles. The van der Waals surface area contributed by atoms with Crippen LogP contribution in [0.25, 0.3) is 0 Å². The zero-order valence-electron chi connectivity index (χ0n) is 10.5. The van der Waals surface area contributed by atoms with Gasteiger partial charge in [-0.25, -0.2) is 0 Å². The highest BCUT2D eigenvalue weighted by atomic mass is 79.9. The quantitative estimate of drug-likeness (QED) is 0.915. The van der Waals surface area contributed by atoms with Gasteiger partial charge in [0.05, 0.1) is 12.8 Å². The monoisotopic (exact) mass is 309 g/mol. The number of nitrogens with one attached hydrogen (secondary N) is 1. The molecule has 96 valence electrons. The van der Waals surface area contributed by atoms with Gasteiger partial charge >= 0.3 is 0 Å². The maximum absolute atomic E-state index is 5.76. The van der Waals surface area contributed by atoms with Gasteiger partial charge in [-0.2, -0.15) is 0 Å². The van der Waals surface area contributed by atoms with Crippen molar-refractivity contribution in [2.24, 2.45) is 0 Å². The first-order chi connectivity index (χ1) is 8.70. The molecule has 1 aromatic carbocycles. The minimum Gasteiger partial charge on any atom is -0.489 e. The molecule has 0 bridgehead atoms. The normalized spacial score (nSPS) is 10.6. The van der Waals surface area contributed by atoms with E-state index in [9.17, 15) is 0 Å². The van der Waals surface area contributed by atoms with E-state index in [1.165, 1.54) is 0 Å². The van der Waals surface area contributed by atoms with Crippen LogP contribution in [0.2, 0.25) is 0 Å². The lowest BCUT2D eigenvalue weighted by molar-refractivity contribution is 0.301. The van der Waals surface area contributed by atoms with Gasteiger partial charge in [0, 0.05) is 10.0 Å². The number of benzene rings is 1. The molecule has 18 heavy (non-hydrogen) atoms. The van der Waals surface area contributed by atoms with Gasteiger partial charge in [0.25, 0.3) is 0 Å². The molecule has 0 aliphatic heterocycles. The molecule has 2 aromatic rings. The molecule has 1 aromatic heterocycles. The molecule has 3 nitrogen and oxygen atoms in total. The van der Waals surface area contributed by atoms with Crippen molar-refractivity contribution in [3.8, 4) is 5.75 Å². The van der Waals surface area contributed by atoms with Crippen LogP contribution >= 0.6 is 15.9 Å². The van der Waals surface area contributed by atoms with E-state index >= 15 is 0 Å². The summed E-state index contributed by atoms with van der Waals surface area (Å²) in [6, 6.07) is 7.91. The summed E-state index contributed by atoms with van der Waals surface area (Å²) >= 11 is 3.47. The number of hydrogen-bond donors (Lipinski definition) is 1. The molecule has 0 radical (unpaired) electrons. The number of rotatable bonds is 5. The van der Waals surface area contributed by atoms with Crippen molar-refractivity contribution in [1.82, 2.24) is 5.32 Å².